The molecule has 1 aliphatic heterocycles. The first-order valence-electron chi connectivity index (χ1n) is 7.66. The molecule has 0 saturated heterocycles. The molecule has 0 radical (unpaired) electrons. The minimum absolute atomic E-state index is 0.0191. The SMILES string of the molecule is COc1ccccc1C1=N/C(=C\C=C\c2ccccc2[N+](=O)[O-])C(=O)O1. The molecule has 0 N–H and O–H groups in total. The minimum atomic E-state index is -0.599. The van der Waals surface area contributed by atoms with Crippen molar-refractivity contribution in [1.82, 2.24) is 0 Å². The molecular formula is C19H14N2O5. The van der Waals surface area contributed by atoms with Gasteiger partial charge in [-0.3, -0.25) is 10.1 Å². The predicted molar refractivity (Wildman–Crippen MR) is 95.8 cm³/mol. The smallest absolute Gasteiger partial charge is 0.363 e. The number of hydrogen-bond acceptors (Lipinski definition) is 6. The summed E-state index contributed by atoms with van der Waals surface area (Å²) in [6.45, 7) is 0. The summed E-state index contributed by atoms with van der Waals surface area (Å²) >= 11 is 0. The quantitative estimate of drug-likeness (QED) is 0.356. The normalized spacial score (nSPS) is 15.2. The van der Waals surface area contributed by atoms with Gasteiger partial charge in [0, 0.05) is 6.07 Å². The highest BCUT2D eigenvalue weighted by atomic mass is 16.6. The van der Waals surface area contributed by atoms with Crippen LogP contribution in [-0.4, -0.2) is 23.9 Å². The second kappa shape index (κ2) is 7.43. The van der Waals surface area contributed by atoms with E-state index in [1.165, 1.54) is 31.4 Å². The maximum atomic E-state index is 12.0. The van der Waals surface area contributed by atoms with Gasteiger partial charge in [-0.15, -0.1) is 0 Å². The third-order valence-corrected chi connectivity index (χ3v) is 3.62. The molecule has 2 aromatic carbocycles. The van der Waals surface area contributed by atoms with Gasteiger partial charge in [-0.25, -0.2) is 9.79 Å². The molecule has 3 rings (SSSR count). The fraction of sp³-hybridized carbons (Fsp3) is 0.0526. The number of methoxy groups -OCH3 is 1. The van der Waals surface area contributed by atoms with E-state index >= 15 is 0 Å². The van der Waals surface area contributed by atoms with E-state index in [1.807, 2.05) is 0 Å². The number of nitrogens with zero attached hydrogens (tertiary/aromatic N) is 2. The molecule has 7 nitrogen and oxygen atoms in total. The van der Waals surface area contributed by atoms with Crippen LogP contribution < -0.4 is 4.74 Å². The summed E-state index contributed by atoms with van der Waals surface area (Å²) in [6, 6.07) is 13.4. The maximum absolute atomic E-state index is 12.0. The molecule has 0 unspecified atom stereocenters. The van der Waals surface area contributed by atoms with Gasteiger partial charge in [-0.05, 0) is 30.4 Å². The highest BCUT2D eigenvalue weighted by molar-refractivity contribution is 6.12. The Hall–Kier alpha value is -3.74. The third kappa shape index (κ3) is 3.51. The van der Waals surface area contributed by atoms with Crippen LogP contribution in [0.5, 0.6) is 5.75 Å². The topological polar surface area (TPSA) is 91.0 Å². The number of para-hydroxylation sites is 2. The Morgan fingerprint density at radius 3 is 2.65 bits per heavy atom. The molecule has 2 aromatic rings. The van der Waals surface area contributed by atoms with E-state index in [0.29, 0.717) is 16.9 Å². The van der Waals surface area contributed by atoms with Crippen LogP contribution in [0.15, 0.2) is 71.4 Å². The fourth-order valence-electron chi connectivity index (χ4n) is 2.40. The van der Waals surface area contributed by atoms with Crippen LogP contribution in [0.3, 0.4) is 0 Å². The number of ether oxygens (including phenoxy) is 2. The van der Waals surface area contributed by atoms with Crippen LogP contribution in [-0.2, 0) is 9.53 Å². The summed E-state index contributed by atoms with van der Waals surface area (Å²) in [5.74, 6) is 0.0895. The van der Waals surface area contributed by atoms with Crippen LogP contribution in [0.2, 0.25) is 0 Å². The zero-order valence-electron chi connectivity index (χ0n) is 13.8. The molecule has 0 saturated carbocycles. The van der Waals surface area contributed by atoms with Gasteiger partial charge in [-0.1, -0.05) is 30.3 Å². The van der Waals surface area contributed by atoms with Crippen molar-refractivity contribution in [3.8, 4) is 5.75 Å². The van der Waals surface area contributed by atoms with Gasteiger partial charge in [-0.2, -0.15) is 0 Å². The summed E-state index contributed by atoms with van der Waals surface area (Å²) < 4.78 is 10.4. The second-order valence-corrected chi connectivity index (χ2v) is 5.23. The van der Waals surface area contributed by atoms with E-state index in [4.69, 9.17) is 9.47 Å². The van der Waals surface area contributed by atoms with Gasteiger partial charge in [0.05, 0.1) is 23.2 Å². The Kier molecular flexibility index (Phi) is 4.89. The summed E-state index contributed by atoms with van der Waals surface area (Å²) in [7, 11) is 1.52. The lowest BCUT2D eigenvalue weighted by Gasteiger charge is -2.05. The second-order valence-electron chi connectivity index (χ2n) is 5.23. The number of benzene rings is 2. The third-order valence-electron chi connectivity index (χ3n) is 3.62. The van der Waals surface area contributed by atoms with Crippen molar-refractivity contribution in [2.75, 3.05) is 7.11 Å². The summed E-state index contributed by atoms with van der Waals surface area (Å²) in [5, 5.41) is 11.0. The zero-order chi connectivity index (χ0) is 18.5. The van der Waals surface area contributed by atoms with E-state index in [9.17, 15) is 14.9 Å². The van der Waals surface area contributed by atoms with Gasteiger partial charge < -0.3 is 9.47 Å². The van der Waals surface area contributed by atoms with Crippen molar-refractivity contribution >= 4 is 23.6 Å². The van der Waals surface area contributed by atoms with E-state index < -0.39 is 10.9 Å². The van der Waals surface area contributed by atoms with Gasteiger partial charge >= 0.3 is 5.97 Å². The van der Waals surface area contributed by atoms with Gasteiger partial charge in [0.2, 0.25) is 5.90 Å². The number of hydrogen-bond donors (Lipinski definition) is 0. The highest BCUT2D eigenvalue weighted by Crippen LogP contribution is 2.24. The number of aliphatic imine (C=N–C) groups is 1. The van der Waals surface area contributed by atoms with Crippen molar-refractivity contribution in [3.63, 3.8) is 0 Å². The van der Waals surface area contributed by atoms with E-state index in [2.05, 4.69) is 4.99 Å². The standard InChI is InChI=1S/C19H14N2O5/c1-25-17-12-5-3-9-14(17)18-20-15(19(22)26-18)10-6-8-13-7-2-4-11-16(13)21(23)24/h2-12H,1H3/b8-6+,15-10-. The molecule has 7 heteroatoms. The number of nitro benzene ring substituents is 1. The maximum Gasteiger partial charge on any atom is 0.363 e. The van der Waals surface area contributed by atoms with Crippen molar-refractivity contribution in [2.24, 2.45) is 4.99 Å². The Balaban J connectivity index is 1.87. The Labute approximate surface area is 149 Å². The zero-order valence-corrected chi connectivity index (χ0v) is 13.8. The number of allylic oxidation sites excluding steroid dienone is 2. The molecule has 0 amide bonds. The molecule has 26 heavy (non-hydrogen) atoms. The molecule has 0 fully saturated rings. The van der Waals surface area contributed by atoms with E-state index in [1.54, 1.807) is 42.5 Å². The first kappa shape index (κ1) is 17.1. The van der Waals surface area contributed by atoms with Crippen LogP contribution in [0.1, 0.15) is 11.1 Å². The molecule has 0 aliphatic carbocycles. The molecule has 0 spiro atoms. The Bertz CT molecular complexity index is 960. The highest BCUT2D eigenvalue weighted by Gasteiger charge is 2.25. The van der Waals surface area contributed by atoms with Crippen LogP contribution in [0, 0.1) is 10.1 Å². The molecule has 0 aromatic heterocycles. The first-order valence-corrected chi connectivity index (χ1v) is 7.66. The number of nitro groups is 1. The molecule has 1 aliphatic rings. The lowest BCUT2D eigenvalue weighted by atomic mass is 10.1. The van der Waals surface area contributed by atoms with Gasteiger partial charge in [0.15, 0.2) is 5.70 Å². The van der Waals surface area contributed by atoms with Crippen molar-refractivity contribution in [2.45, 2.75) is 0 Å². The summed E-state index contributed by atoms with van der Waals surface area (Å²) in [4.78, 5) is 26.7. The molecule has 0 atom stereocenters. The van der Waals surface area contributed by atoms with E-state index in [0.717, 1.165) is 0 Å². The number of cyclic esters (lactones) is 1. The van der Waals surface area contributed by atoms with E-state index in [-0.39, 0.29) is 17.3 Å². The van der Waals surface area contributed by atoms with Crippen LogP contribution >= 0.6 is 0 Å². The molecule has 0 bridgehead atoms. The average molecular weight is 350 g/mol. The molecule has 130 valence electrons. The average Bonchev–Trinajstić information content (AvgIpc) is 3.02. The lowest BCUT2D eigenvalue weighted by molar-refractivity contribution is -0.385. The summed E-state index contributed by atoms with van der Waals surface area (Å²) in [5.41, 5.74) is 1.07. The number of carbonyl (C=O) groups excluding carboxylic acids is 1. The van der Waals surface area contributed by atoms with Gasteiger partial charge in [0.1, 0.15) is 5.75 Å². The number of rotatable bonds is 5. The lowest BCUT2D eigenvalue weighted by Crippen LogP contribution is -2.06. The number of esters is 1. The minimum Gasteiger partial charge on any atom is -0.496 e. The van der Waals surface area contributed by atoms with Crippen LogP contribution in [0.25, 0.3) is 6.08 Å². The largest absolute Gasteiger partial charge is 0.496 e. The predicted octanol–water partition coefficient (Wildman–Crippen LogP) is 3.50. The van der Waals surface area contributed by atoms with Crippen LogP contribution in [0.4, 0.5) is 5.69 Å². The molecular weight excluding hydrogens is 336 g/mol. The fourth-order valence-corrected chi connectivity index (χ4v) is 2.40. The molecule has 1 heterocycles. The van der Waals surface area contributed by atoms with Crippen molar-refractivity contribution < 1.29 is 19.2 Å². The first-order chi connectivity index (χ1) is 12.6. The summed E-state index contributed by atoms with van der Waals surface area (Å²) in [6.07, 6.45) is 4.50. The Morgan fingerprint density at radius 1 is 1.15 bits per heavy atom. The monoisotopic (exact) mass is 350 g/mol. The van der Waals surface area contributed by atoms with Crippen molar-refractivity contribution in [1.29, 1.82) is 0 Å². The Morgan fingerprint density at radius 2 is 1.88 bits per heavy atom. The van der Waals surface area contributed by atoms with Gasteiger partial charge in [0.25, 0.3) is 5.69 Å². The van der Waals surface area contributed by atoms with Crippen molar-refractivity contribution in [3.05, 3.63) is 87.6 Å². The number of carbonyl (C=O) groups is 1.